The van der Waals surface area contributed by atoms with Gasteiger partial charge in [-0.1, -0.05) is 0 Å². The van der Waals surface area contributed by atoms with E-state index >= 15 is 0 Å². The second kappa shape index (κ2) is 4.63. The van der Waals surface area contributed by atoms with Gasteiger partial charge in [-0.2, -0.15) is 0 Å². The summed E-state index contributed by atoms with van der Waals surface area (Å²) in [5.41, 5.74) is 6.32. The van der Waals surface area contributed by atoms with Gasteiger partial charge in [-0.25, -0.2) is 0 Å². The molecule has 0 aromatic carbocycles. The first kappa shape index (κ1) is 12.0. The van der Waals surface area contributed by atoms with Crippen LogP contribution >= 0.6 is 11.3 Å². The van der Waals surface area contributed by atoms with Gasteiger partial charge in [0.25, 0.3) is 5.91 Å². The summed E-state index contributed by atoms with van der Waals surface area (Å²) in [5.74, 6) is -0.0966. The average molecular weight is 228 g/mol. The molecule has 15 heavy (non-hydrogen) atoms. The van der Waals surface area contributed by atoms with Crippen molar-refractivity contribution in [3.05, 3.63) is 15.8 Å². The summed E-state index contributed by atoms with van der Waals surface area (Å²) in [6.07, 6.45) is -0.516. The summed E-state index contributed by atoms with van der Waals surface area (Å²) >= 11 is 1.38. The molecule has 0 aliphatic heterocycles. The Morgan fingerprint density at radius 2 is 2.33 bits per heavy atom. The summed E-state index contributed by atoms with van der Waals surface area (Å²) in [6, 6.07) is 1.68. The molecule has 1 heterocycles. The lowest BCUT2D eigenvalue weighted by molar-refractivity contribution is 0.0708. The Balaban J connectivity index is 2.76. The van der Waals surface area contributed by atoms with Crippen molar-refractivity contribution in [2.24, 2.45) is 0 Å². The quantitative estimate of drug-likeness (QED) is 0.814. The van der Waals surface area contributed by atoms with E-state index in [1.807, 2.05) is 6.92 Å². The zero-order chi connectivity index (χ0) is 11.6. The summed E-state index contributed by atoms with van der Waals surface area (Å²) in [5, 5.41) is 9.16. The molecule has 0 bridgehead atoms. The van der Waals surface area contributed by atoms with Crippen molar-refractivity contribution in [3.8, 4) is 0 Å². The Kier molecular flexibility index (Phi) is 3.71. The van der Waals surface area contributed by atoms with Crippen molar-refractivity contribution < 1.29 is 9.90 Å². The van der Waals surface area contributed by atoms with E-state index in [0.717, 1.165) is 4.88 Å². The third-order valence-corrected chi connectivity index (χ3v) is 3.11. The van der Waals surface area contributed by atoms with Crippen LogP contribution < -0.4 is 5.73 Å². The number of likely N-dealkylation sites (N-methyl/N-ethyl adjacent to an activating group) is 1. The van der Waals surface area contributed by atoms with Crippen molar-refractivity contribution in [1.29, 1.82) is 0 Å². The van der Waals surface area contributed by atoms with E-state index in [9.17, 15) is 4.79 Å². The minimum Gasteiger partial charge on any atom is -0.398 e. The largest absolute Gasteiger partial charge is 0.398 e. The van der Waals surface area contributed by atoms with Crippen molar-refractivity contribution >= 4 is 22.9 Å². The lowest BCUT2D eigenvalue weighted by atomic mass is 10.3. The number of nitrogens with two attached hydrogens (primary N) is 1. The number of hydrogen-bond acceptors (Lipinski definition) is 4. The highest BCUT2D eigenvalue weighted by atomic mass is 32.1. The third-order valence-electron chi connectivity index (χ3n) is 2.05. The molecule has 1 aromatic rings. The fraction of sp³-hybridized carbons (Fsp3) is 0.500. The van der Waals surface area contributed by atoms with Crippen molar-refractivity contribution in [1.82, 2.24) is 4.90 Å². The summed E-state index contributed by atoms with van der Waals surface area (Å²) < 4.78 is 0. The van der Waals surface area contributed by atoms with Crippen LogP contribution in [0.1, 0.15) is 21.5 Å². The van der Waals surface area contributed by atoms with Crippen LogP contribution in [0.3, 0.4) is 0 Å². The second-order valence-electron chi connectivity index (χ2n) is 3.66. The van der Waals surface area contributed by atoms with Gasteiger partial charge in [-0.3, -0.25) is 4.79 Å². The van der Waals surface area contributed by atoms with Crippen LogP contribution in [0.25, 0.3) is 0 Å². The lowest BCUT2D eigenvalue weighted by Gasteiger charge is -2.17. The highest BCUT2D eigenvalue weighted by Crippen LogP contribution is 2.24. The molecule has 1 rings (SSSR count). The first-order valence-corrected chi connectivity index (χ1v) is 5.53. The molecule has 0 aliphatic rings. The average Bonchev–Trinajstić information content (AvgIpc) is 2.44. The number of rotatable bonds is 3. The van der Waals surface area contributed by atoms with Crippen LogP contribution in [0.5, 0.6) is 0 Å². The first-order valence-electron chi connectivity index (χ1n) is 4.71. The van der Waals surface area contributed by atoms with Crippen molar-refractivity contribution in [2.75, 3.05) is 19.3 Å². The minimum absolute atomic E-state index is 0.0966. The highest BCUT2D eigenvalue weighted by molar-refractivity contribution is 7.14. The molecule has 1 amide bonds. The van der Waals surface area contributed by atoms with E-state index in [0.29, 0.717) is 17.1 Å². The summed E-state index contributed by atoms with van der Waals surface area (Å²) in [6.45, 7) is 3.86. The van der Waals surface area contributed by atoms with E-state index in [1.54, 1.807) is 20.0 Å². The number of thiophene rings is 1. The predicted molar refractivity (Wildman–Crippen MR) is 62.1 cm³/mol. The number of anilines is 1. The van der Waals surface area contributed by atoms with Crippen LogP contribution in [0.15, 0.2) is 6.07 Å². The summed E-state index contributed by atoms with van der Waals surface area (Å²) in [7, 11) is 1.67. The number of carbonyl (C=O) groups is 1. The molecule has 0 fully saturated rings. The van der Waals surface area contributed by atoms with Crippen LogP contribution in [0, 0.1) is 6.92 Å². The number of aryl methyl sites for hydroxylation is 1. The lowest BCUT2D eigenvalue weighted by Crippen LogP contribution is -2.32. The van der Waals surface area contributed by atoms with Gasteiger partial charge in [0, 0.05) is 24.2 Å². The molecule has 0 spiro atoms. The van der Waals surface area contributed by atoms with Gasteiger partial charge < -0.3 is 15.7 Å². The standard InChI is InChI=1S/C10H16N2O2S/c1-6(13)5-12(3)10(14)9-4-8(11)7(2)15-9/h4,6,13H,5,11H2,1-3H3. The highest BCUT2D eigenvalue weighted by Gasteiger charge is 2.16. The van der Waals surface area contributed by atoms with Crippen LogP contribution in [-0.2, 0) is 0 Å². The first-order chi connectivity index (χ1) is 6.91. The maximum Gasteiger partial charge on any atom is 0.263 e. The Morgan fingerprint density at radius 3 is 2.73 bits per heavy atom. The fourth-order valence-electron chi connectivity index (χ4n) is 1.27. The fourth-order valence-corrected chi connectivity index (χ4v) is 2.20. The Bertz CT molecular complexity index is 341. The maximum absolute atomic E-state index is 11.8. The molecule has 0 saturated heterocycles. The number of carbonyl (C=O) groups excluding carboxylic acids is 1. The van der Waals surface area contributed by atoms with E-state index < -0.39 is 6.10 Å². The van der Waals surface area contributed by atoms with Crippen molar-refractivity contribution in [3.63, 3.8) is 0 Å². The summed E-state index contributed by atoms with van der Waals surface area (Å²) in [4.78, 5) is 14.9. The zero-order valence-electron chi connectivity index (χ0n) is 9.15. The van der Waals surface area contributed by atoms with E-state index in [4.69, 9.17) is 10.8 Å². The molecule has 1 atom stereocenters. The second-order valence-corrected chi connectivity index (χ2v) is 4.91. The monoisotopic (exact) mass is 228 g/mol. The van der Waals surface area contributed by atoms with Gasteiger partial charge in [0.1, 0.15) is 0 Å². The number of nitrogen functional groups attached to an aromatic ring is 1. The van der Waals surface area contributed by atoms with Gasteiger partial charge in [0.2, 0.25) is 0 Å². The number of aliphatic hydroxyl groups is 1. The van der Waals surface area contributed by atoms with Crippen LogP contribution in [-0.4, -0.2) is 35.6 Å². The molecule has 1 unspecified atom stereocenters. The topological polar surface area (TPSA) is 66.6 Å². The van der Waals surface area contributed by atoms with Gasteiger partial charge in [0.05, 0.1) is 11.0 Å². The number of aliphatic hydroxyl groups excluding tert-OH is 1. The van der Waals surface area contributed by atoms with Crippen molar-refractivity contribution in [2.45, 2.75) is 20.0 Å². The molecule has 3 N–H and O–H groups in total. The Morgan fingerprint density at radius 1 is 1.73 bits per heavy atom. The Labute approximate surface area is 93.3 Å². The number of hydrogen-bond donors (Lipinski definition) is 2. The van der Waals surface area contributed by atoms with E-state index in [2.05, 4.69) is 0 Å². The molecule has 0 aliphatic carbocycles. The van der Waals surface area contributed by atoms with Gasteiger partial charge in [-0.15, -0.1) is 11.3 Å². The molecule has 0 radical (unpaired) electrons. The van der Waals surface area contributed by atoms with E-state index in [-0.39, 0.29) is 5.91 Å². The maximum atomic E-state index is 11.8. The normalized spacial score (nSPS) is 12.5. The molecule has 5 heteroatoms. The molecule has 0 saturated carbocycles. The van der Waals surface area contributed by atoms with Gasteiger partial charge in [0.15, 0.2) is 0 Å². The molecule has 84 valence electrons. The predicted octanol–water partition coefficient (Wildman–Crippen LogP) is 1.09. The van der Waals surface area contributed by atoms with E-state index in [1.165, 1.54) is 16.2 Å². The SMILES string of the molecule is Cc1sc(C(=O)N(C)CC(C)O)cc1N. The molecule has 1 aromatic heterocycles. The third kappa shape index (κ3) is 2.94. The molecular formula is C10H16N2O2S. The van der Waals surface area contributed by atoms with Gasteiger partial charge >= 0.3 is 0 Å². The zero-order valence-corrected chi connectivity index (χ0v) is 9.97. The Hall–Kier alpha value is -1.07. The number of amides is 1. The van der Waals surface area contributed by atoms with Crippen LogP contribution in [0.2, 0.25) is 0 Å². The minimum atomic E-state index is -0.516. The van der Waals surface area contributed by atoms with Crippen LogP contribution in [0.4, 0.5) is 5.69 Å². The molecule has 4 nitrogen and oxygen atoms in total. The molecular weight excluding hydrogens is 212 g/mol. The smallest absolute Gasteiger partial charge is 0.263 e. The van der Waals surface area contributed by atoms with Gasteiger partial charge in [-0.05, 0) is 19.9 Å². The number of nitrogens with zero attached hydrogens (tertiary/aromatic N) is 1.